The largest absolute Gasteiger partial charge is 0.390 e. The van der Waals surface area contributed by atoms with Crippen molar-refractivity contribution in [2.75, 3.05) is 26.9 Å². The minimum absolute atomic E-state index is 0.224. The highest BCUT2D eigenvalue weighted by Gasteiger charge is 2.43. The lowest BCUT2D eigenvalue weighted by molar-refractivity contribution is -0.219. The summed E-state index contributed by atoms with van der Waals surface area (Å²) in [6, 6.07) is 0. The molecule has 0 saturated carbocycles. The minimum Gasteiger partial charge on any atom is -0.390 e. The molecule has 0 bridgehead atoms. The van der Waals surface area contributed by atoms with Gasteiger partial charge in [-0.1, -0.05) is 6.92 Å². The Hall–Kier alpha value is -0.200. The first-order chi connectivity index (χ1) is 8.15. The zero-order valence-corrected chi connectivity index (χ0v) is 10.8. The fraction of sp³-hybridized carbons (Fsp3) is 1.00. The summed E-state index contributed by atoms with van der Waals surface area (Å²) in [6.45, 7) is 5.22. The third kappa shape index (κ3) is 3.63. The third-order valence-corrected chi connectivity index (χ3v) is 3.24. The first kappa shape index (κ1) is 14.9. The molecule has 1 rings (SSSR count). The number of hydrogen-bond acceptors (Lipinski definition) is 5. The van der Waals surface area contributed by atoms with E-state index in [4.69, 9.17) is 14.2 Å². The molecule has 5 heteroatoms. The van der Waals surface area contributed by atoms with Crippen molar-refractivity contribution >= 4 is 0 Å². The number of hydrogen-bond donors (Lipinski definition) is 2. The van der Waals surface area contributed by atoms with Gasteiger partial charge in [-0.3, -0.25) is 0 Å². The van der Waals surface area contributed by atoms with Crippen LogP contribution in [0.2, 0.25) is 0 Å². The highest BCUT2D eigenvalue weighted by Crippen LogP contribution is 2.28. The Morgan fingerprint density at radius 3 is 2.29 bits per heavy atom. The molecular weight excluding hydrogens is 224 g/mol. The molecule has 17 heavy (non-hydrogen) atoms. The van der Waals surface area contributed by atoms with E-state index in [9.17, 15) is 10.2 Å². The van der Waals surface area contributed by atoms with Crippen LogP contribution >= 0.6 is 0 Å². The standard InChI is InChI=1S/C12H24O5/c1-4-9-12(14)11(13)8(6-15-3)10(17-9)7-16-5-2/h8-14H,4-7H2,1-3H3. The molecule has 0 aromatic rings. The normalized spacial score (nSPS) is 38.3. The quantitative estimate of drug-likeness (QED) is 0.702. The zero-order chi connectivity index (χ0) is 12.8. The van der Waals surface area contributed by atoms with Gasteiger partial charge < -0.3 is 24.4 Å². The van der Waals surface area contributed by atoms with Crippen LogP contribution in [0.5, 0.6) is 0 Å². The van der Waals surface area contributed by atoms with Crippen molar-refractivity contribution in [1.29, 1.82) is 0 Å². The molecule has 0 aliphatic carbocycles. The van der Waals surface area contributed by atoms with Crippen molar-refractivity contribution in [3.63, 3.8) is 0 Å². The summed E-state index contributed by atoms with van der Waals surface area (Å²) in [4.78, 5) is 0. The van der Waals surface area contributed by atoms with Gasteiger partial charge in [0.1, 0.15) is 6.10 Å². The molecule has 1 heterocycles. The van der Waals surface area contributed by atoms with Crippen LogP contribution in [-0.4, -0.2) is 61.6 Å². The summed E-state index contributed by atoms with van der Waals surface area (Å²) in [5, 5.41) is 20.0. The predicted octanol–water partition coefficient (Wildman–Crippen LogP) is 0.185. The van der Waals surface area contributed by atoms with Crippen LogP contribution in [0.3, 0.4) is 0 Å². The van der Waals surface area contributed by atoms with Gasteiger partial charge in [0.25, 0.3) is 0 Å². The number of aliphatic hydroxyl groups is 2. The lowest BCUT2D eigenvalue weighted by atomic mass is 9.86. The zero-order valence-electron chi connectivity index (χ0n) is 10.8. The summed E-state index contributed by atoms with van der Waals surface area (Å²) in [6.07, 6.45) is -1.56. The Balaban J connectivity index is 2.68. The lowest BCUT2D eigenvalue weighted by Gasteiger charge is -2.42. The predicted molar refractivity (Wildman–Crippen MR) is 62.8 cm³/mol. The van der Waals surface area contributed by atoms with E-state index < -0.39 is 12.2 Å². The van der Waals surface area contributed by atoms with E-state index in [2.05, 4.69) is 0 Å². The molecule has 5 atom stereocenters. The van der Waals surface area contributed by atoms with Crippen molar-refractivity contribution in [3.8, 4) is 0 Å². The van der Waals surface area contributed by atoms with E-state index in [1.807, 2.05) is 13.8 Å². The van der Waals surface area contributed by atoms with E-state index in [1.165, 1.54) is 0 Å². The average Bonchev–Trinajstić information content (AvgIpc) is 2.34. The second-order valence-corrected chi connectivity index (χ2v) is 4.38. The van der Waals surface area contributed by atoms with E-state index in [1.54, 1.807) is 7.11 Å². The molecule has 0 aromatic heterocycles. The molecular formula is C12H24O5. The van der Waals surface area contributed by atoms with Crippen LogP contribution < -0.4 is 0 Å². The maximum atomic E-state index is 10.1. The van der Waals surface area contributed by atoms with Crippen LogP contribution in [0.4, 0.5) is 0 Å². The monoisotopic (exact) mass is 248 g/mol. The molecule has 0 amide bonds. The van der Waals surface area contributed by atoms with Crippen LogP contribution in [0.1, 0.15) is 20.3 Å². The number of ether oxygens (including phenoxy) is 3. The minimum atomic E-state index is -0.849. The van der Waals surface area contributed by atoms with Gasteiger partial charge in [-0.25, -0.2) is 0 Å². The van der Waals surface area contributed by atoms with Gasteiger partial charge in [0.2, 0.25) is 0 Å². The SMILES string of the molecule is CCOCC1OC(CC)C(O)C(O)C1COC. The molecule has 1 fully saturated rings. The van der Waals surface area contributed by atoms with E-state index in [0.717, 1.165) is 0 Å². The number of methoxy groups -OCH3 is 1. The number of aliphatic hydroxyl groups excluding tert-OH is 2. The molecule has 0 aromatic carbocycles. The summed E-state index contributed by atoms with van der Waals surface area (Å²) in [7, 11) is 1.57. The topological polar surface area (TPSA) is 68.2 Å². The summed E-state index contributed by atoms with van der Waals surface area (Å²) in [5.74, 6) is -0.246. The highest BCUT2D eigenvalue weighted by atomic mass is 16.6. The second-order valence-electron chi connectivity index (χ2n) is 4.38. The van der Waals surface area contributed by atoms with Crippen molar-refractivity contribution in [2.45, 2.75) is 44.7 Å². The molecule has 1 aliphatic heterocycles. The van der Waals surface area contributed by atoms with Gasteiger partial charge in [-0.15, -0.1) is 0 Å². The third-order valence-electron chi connectivity index (χ3n) is 3.24. The van der Waals surface area contributed by atoms with Gasteiger partial charge in [0.15, 0.2) is 0 Å². The first-order valence-electron chi connectivity index (χ1n) is 6.23. The maximum Gasteiger partial charge on any atom is 0.106 e. The fourth-order valence-corrected chi connectivity index (χ4v) is 2.23. The summed E-state index contributed by atoms with van der Waals surface area (Å²) < 4.78 is 16.2. The van der Waals surface area contributed by atoms with E-state index >= 15 is 0 Å². The summed E-state index contributed by atoms with van der Waals surface area (Å²) >= 11 is 0. The van der Waals surface area contributed by atoms with E-state index in [0.29, 0.717) is 26.2 Å². The van der Waals surface area contributed by atoms with E-state index in [-0.39, 0.29) is 18.1 Å². The molecule has 1 aliphatic rings. The second kappa shape index (κ2) is 7.28. The molecule has 5 nitrogen and oxygen atoms in total. The van der Waals surface area contributed by atoms with Crippen molar-refractivity contribution in [1.82, 2.24) is 0 Å². The maximum absolute atomic E-state index is 10.1. The Morgan fingerprint density at radius 2 is 1.76 bits per heavy atom. The van der Waals surface area contributed by atoms with Gasteiger partial charge in [-0.2, -0.15) is 0 Å². The molecule has 5 unspecified atom stereocenters. The molecule has 0 radical (unpaired) electrons. The summed E-state index contributed by atoms with van der Waals surface area (Å²) in [5.41, 5.74) is 0. The lowest BCUT2D eigenvalue weighted by Crippen LogP contribution is -2.56. The Morgan fingerprint density at radius 1 is 1.06 bits per heavy atom. The Kier molecular flexibility index (Phi) is 6.37. The van der Waals surface area contributed by atoms with Gasteiger partial charge >= 0.3 is 0 Å². The Bertz CT molecular complexity index is 211. The van der Waals surface area contributed by atoms with Crippen LogP contribution in [0, 0.1) is 5.92 Å². The highest BCUT2D eigenvalue weighted by molar-refractivity contribution is 4.91. The smallest absolute Gasteiger partial charge is 0.106 e. The molecule has 102 valence electrons. The van der Waals surface area contributed by atoms with Crippen LogP contribution in [0.25, 0.3) is 0 Å². The molecule has 0 spiro atoms. The number of rotatable bonds is 6. The Labute approximate surface area is 103 Å². The van der Waals surface area contributed by atoms with Crippen LogP contribution in [-0.2, 0) is 14.2 Å². The van der Waals surface area contributed by atoms with Crippen molar-refractivity contribution < 1.29 is 24.4 Å². The van der Waals surface area contributed by atoms with Crippen molar-refractivity contribution in [2.24, 2.45) is 5.92 Å². The average molecular weight is 248 g/mol. The van der Waals surface area contributed by atoms with Gasteiger partial charge in [-0.05, 0) is 13.3 Å². The van der Waals surface area contributed by atoms with Crippen molar-refractivity contribution in [3.05, 3.63) is 0 Å². The molecule has 1 saturated heterocycles. The van der Waals surface area contributed by atoms with Gasteiger partial charge in [0.05, 0.1) is 31.5 Å². The van der Waals surface area contributed by atoms with Crippen LogP contribution in [0.15, 0.2) is 0 Å². The molecule has 2 N–H and O–H groups in total. The first-order valence-corrected chi connectivity index (χ1v) is 6.23. The fourth-order valence-electron chi connectivity index (χ4n) is 2.23. The van der Waals surface area contributed by atoms with Gasteiger partial charge in [0, 0.05) is 19.6 Å².